The second-order valence-corrected chi connectivity index (χ2v) is 6.07. The fraction of sp³-hybridized carbons (Fsp3) is 0.571. The number of furan rings is 1. The maximum Gasteiger partial charge on any atom is 0.274 e. The molecule has 0 aromatic carbocycles. The van der Waals surface area contributed by atoms with E-state index in [-0.39, 0.29) is 0 Å². The van der Waals surface area contributed by atoms with E-state index in [0.717, 1.165) is 35.8 Å². The SMILES string of the molecule is CN/C(=C\[N+](=O)[O-])NCCSCc1ccc(CNC(C)C)o1. The van der Waals surface area contributed by atoms with Gasteiger partial charge in [-0.1, -0.05) is 13.8 Å². The van der Waals surface area contributed by atoms with Gasteiger partial charge in [0.2, 0.25) is 0 Å². The molecule has 22 heavy (non-hydrogen) atoms. The number of hydrogen-bond acceptors (Lipinski definition) is 7. The average molecular weight is 328 g/mol. The van der Waals surface area contributed by atoms with Crippen molar-refractivity contribution in [2.75, 3.05) is 19.3 Å². The zero-order valence-corrected chi connectivity index (χ0v) is 14.0. The van der Waals surface area contributed by atoms with Gasteiger partial charge in [0.15, 0.2) is 5.82 Å². The Labute approximate surface area is 135 Å². The van der Waals surface area contributed by atoms with E-state index in [4.69, 9.17) is 4.42 Å². The third-order valence-corrected chi connectivity index (χ3v) is 3.69. The first kappa shape index (κ1) is 18.4. The monoisotopic (exact) mass is 328 g/mol. The number of hydrogen-bond donors (Lipinski definition) is 3. The third kappa shape index (κ3) is 7.94. The van der Waals surface area contributed by atoms with Crippen LogP contribution in [0.2, 0.25) is 0 Å². The molecule has 7 nitrogen and oxygen atoms in total. The van der Waals surface area contributed by atoms with Crippen LogP contribution in [0.5, 0.6) is 0 Å². The van der Waals surface area contributed by atoms with Crippen molar-refractivity contribution in [1.29, 1.82) is 0 Å². The number of rotatable bonds is 11. The lowest BCUT2D eigenvalue weighted by atomic mass is 10.3. The first-order valence-electron chi connectivity index (χ1n) is 7.17. The summed E-state index contributed by atoms with van der Waals surface area (Å²) in [5.41, 5.74) is 0. The van der Waals surface area contributed by atoms with Crippen LogP contribution in [-0.4, -0.2) is 30.3 Å². The van der Waals surface area contributed by atoms with Crippen LogP contribution >= 0.6 is 11.8 Å². The molecule has 0 spiro atoms. The predicted octanol–water partition coefficient (Wildman–Crippen LogP) is 1.90. The van der Waals surface area contributed by atoms with Crippen molar-refractivity contribution in [2.24, 2.45) is 0 Å². The second-order valence-electron chi connectivity index (χ2n) is 4.96. The Balaban J connectivity index is 2.20. The highest BCUT2D eigenvalue weighted by Crippen LogP contribution is 2.15. The molecule has 0 radical (unpaired) electrons. The Morgan fingerprint density at radius 2 is 2.18 bits per heavy atom. The van der Waals surface area contributed by atoms with Crippen LogP contribution in [0.25, 0.3) is 0 Å². The minimum atomic E-state index is -0.485. The zero-order chi connectivity index (χ0) is 16.4. The lowest BCUT2D eigenvalue weighted by Crippen LogP contribution is -2.26. The highest BCUT2D eigenvalue weighted by atomic mass is 32.2. The first-order chi connectivity index (χ1) is 10.5. The minimum absolute atomic E-state index is 0.408. The molecular formula is C14H24N4O3S. The molecule has 0 bridgehead atoms. The topological polar surface area (TPSA) is 92.4 Å². The van der Waals surface area contributed by atoms with Gasteiger partial charge in [0.05, 0.1) is 17.2 Å². The Hall–Kier alpha value is -1.67. The Kier molecular flexibility index (Phi) is 8.46. The molecule has 0 unspecified atom stereocenters. The highest BCUT2D eigenvalue weighted by molar-refractivity contribution is 7.98. The summed E-state index contributed by atoms with van der Waals surface area (Å²) in [6.07, 6.45) is 0.922. The summed E-state index contributed by atoms with van der Waals surface area (Å²) < 4.78 is 5.72. The van der Waals surface area contributed by atoms with Gasteiger partial charge in [-0.15, -0.1) is 0 Å². The Bertz CT molecular complexity index is 488. The number of nitrogens with zero attached hydrogens (tertiary/aromatic N) is 1. The highest BCUT2D eigenvalue weighted by Gasteiger charge is 2.04. The van der Waals surface area contributed by atoms with E-state index < -0.39 is 4.92 Å². The van der Waals surface area contributed by atoms with Crippen molar-refractivity contribution >= 4 is 11.8 Å². The Morgan fingerprint density at radius 3 is 2.82 bits per heavy atom. The van der Waals surface area contributed by atoms with E-state index in [9.17, 15) is 10.1 Å². The van der Waals surface area contributed by atoms with Gasteiger partial charge < -0.3 is 20.4 Å². The fourth-order valence-corrected chi connectivity index (χ4v) is 2.38. The third-order valence-electron chi connectivity index (χ3n) is 2.71. The van der Waals surface area contributed by atoms with E-state index in [1.165, 1.54) is 0 Å². The van der Waals surface area contributed by atoms with Gasteiger partial charge in [0, 0.05) is 25.4 Å². The van der Waals surface area contributed by atoms with Crippen LogP contribution in [0.15, 0.2) is 28.6 Å². The molecule has 0 aliphatic heterocycles. The molecule has 1 heterocycles. The molecule has 124 valence electrons. The molecular weight excluding hydrogens is 304 g/mol. The van der Waals surface area contributed by atoms with E-state index >= 15 is 0 Å². The molecule has 0 atom stereocenters. The summed E-state index contributed by atoms with van der Waals surface area (Å²) in [5.74, 6) is 3.91. The largest absolute Gasteiger partial charge is 0.464 e. The van der Waals surface area contributed by atoms with Gasteiger partial charge >= 0.3 is 0 Å². The standard InChI is InChI=1S/C14H24N4O3S/c1-11(2)17-8-12-4-5-13(21-12)10-22-7-6-16-14(15-3)9-18(19)20/h4-5,9,11,15-17H,6-8,10H2,1-3H3/b14-9+. The van der Waals surface area contributed by atoms with Gasteiger partial charge in [0.25, 0.3) is 6.20 Å². The van der Waals surface area contributed by atoms with Crippen LogP contribution in [0, 0.1) is 10.1 Å². The van der Waals surface area contributed by atoms with Crippen molar-refractivity contribution in [1.82, 2.24) is 16.0 Å². The van der Waals surface area contributed by atoms with Gasteiger partial charge in [0.1, 0.15) is 11.5 Å². The zero-order valence-electron chi connectivity index (χ0n) is 13.2. The molecule has 0 saturated heterocycles. The van der Waals surface area contributed by atoms with Gasteiger partial charge in [-0.05, 0) is 12.1 Å². The number of nitrogens with one attached hydrogen (secondary N) is 3. The van der Waals surface area contributed by atoms with E-state index in [2.05, 4.69) is 29.8 Å². The smallest absolute Gasteiger partial charge is 0.274 e. The van der Waals surface area contributed by atoms with Crippen LogP contribution in [0.1, 0.15) is 25.4 Å². The van der Waals surface area contributed by atoms with Crippen molar-refractivity contribution in [3.05, 3.63) is 45.8 Å². The molecule has 1 aromatic rings. The lowest BCUT2D eigenvalue weighted by Gasteiger charge is -2.07. The molecule has 1 aromatic heterocycles. The maximum absolute atomic E-state index is 10.4. The summed E-state index contributed by atoms with van der Waals surface area (Å²) in [4.78, 5) is 9.88. The molecule has 0 fully saturated rings. The molecule has 0 amide bonds. The van der Waals surface area contributed by atoms with Crippen LogP contribution in [-0.2, 0) is 12.3 Å². The molecule has 0 aliphatic carbocycles. The second kappa shape index (κ2) is 10.1. The molecule has 1 rings (SSSR count). The van der Waals surface area contributed by atoms with E-state index in [0.29, 0.717) is 18.4 Å². The van der Waals surface area contributed by atoms with Crippen molar-refractivity contribution in [2.45, 2.75) is 32.2 Å². The van der Waals surface area contributed by atoms with Crippen LogP contribution < -0.4 is 16.0 Å². The molecule has 3 N–H and O–H groups in total. The fourth-order valence-electron chi connectivity index (χ4n) is 1.63. The van der Waals surface area contributed by atoms with Gasteiger partial charge in [-0.2, -0.15) is 11.8 Å². The number of nitro groups is 1. The molecule has 0 saturated carbocycles. The van der Waals surface area contributed by atoms with Crippen molar-refractivity contribution < 1.29 is 9.34 Å². The van der Waals surface area contributed by atoms with Crippen molar-refractivity contribution in [3.63, 3.8) is 0 Å². The van der Waals surface area contributed by atoms with E-state index in [1.807, 2.05) is 12.1 Å². The average Bonchev–Trinajstić information content (AvgIpc) is 2.91. The summed E-state index contributed by atoms with van der Waals surface area (Å²) in [6, 6.07) is 4.41. The first-order valence-corrected chi connectivity index (χ1v) is 8.32. The minimum Gasteiger partial charge on any atom is -0.464 e. The predicted molar refractivity (Wildman–Crippen MR) is 89.0 cm³/mol. The summed E-state index contributed by atoms with van der Waals surface area (Å²) >= 11 is 1.71. The van der Waals surface area contributed by atoms with Gasteiger partial charge in [-0.3, -0.25) is 10.1 Å². The van der Waals surface area contributed by atoms with Crippen molar-refractivity contribution in [3.8, 4) is 0 Å². The summed E-state index contributed by atoms with van der Waals surface area (Å²) in [7, 11) is 1.64. The number of thioether (sulfide) groups is 1. The summed E-state index contributed by atoms with van der Waals surface area (Å²) in [6.45, 7) is 5.58. The summed E-state index contributed by atoms with van der Waals surface area (Å²) in [5, 5.41) is 19.4. The van der Waals surface area contributed by atoms with E-state index in [1.54, 1.807) is 18.8 Å². The molecule has 8 heteroatoms. The Morgan fingerprint density at radius 1 is 1.45 bits per heavy atom. The quantitative estimate of drug-likeness (QED) is 0.324. The normalized spacial score (nSPS) is 11.7. The van der Waals surface area contributed by atoms with Crippen LogP contribution in [0.3, 0.4) is 0 Å². The molecule has 0 aliphatic rings. The van der Waals surface area contributed by atoms with Crippen LogP contribution in [0.4, 0.5) is 0 Å². The maximum atomic E-state index is 10.4. The lowest BCUT2D eigenvalue weighted by molar-refractivity contribution is -0.404. The van der Waals surface area contributed by atoms with Gasteiger partial charge in [-0.25, -0.2) is 0 Å².